The Morgan fingerprint density at radius 1 is 0.909 bits per heavy atom. The Morgan fingerprint density at radius 3 is 2.27 bits per heavy atom. The van der Waals surface area contributed by atoms with E-state index in [9.17, 15) is 0 Å². The van der Waals surface area contributed by atoms with Crippen LogP contribution in [0.3, 0.4) is 0 Å². The molecule has 120 valence electrons. The molecule has 3 rings (SSSR count). The van der Waals surface area contributed by atoms with Crippen molar-refractivity contribution in [1.29, 1.82) is 0 Å². The molecule has 1 aromatic rings. The van der Waals surface area contributed by atoms with Crippen molar-refractivity contribution in [2.45, 2.75) is 44.4 Å². The molecule has 0 radical (unpaired) electrons. The lowest BCUT2D eigenvalue weighted by molar-refractivity contribution is 0.304. The molecule has 2 aliphatic rings. The van der Waals surface area contributed by atoms with Crippen molar-refractivity contribution in [1.82, 2.24) is 0 Å². The molecule has 1 atom stereocenters. The van der Waals surface area contributed by atoms with Gasteiger partial charge in [0.15, 0.2) is 11.5 Å². The van der Waals surface area contributed by atoms with Gasteiger partial charge in [-0.1, -0.05) is 31.4 Å². The number of methoxy groups -OCH3 is 3. The van der Waals surface area contributed by atoms with Crippen LogP contribution in [0.1, 0.15) is 49.1 Å². The van der Waals surface area contributed by atoms with Crippen LogP contribution in [0, 0.1) is 5.92 Å². The summed E-state index contributed by atoms with van der Waals surface area (Å²) < 4.78 is 16.8. The van der Waals surface area contributed by atoms with Crippen LogP contribution in [0.25, 0.3) is 0 Å². The van der Waals surface area contributed by atoms with Crippen LogP contribution < -0.4 is 14.2 Å². The van der Waals surface area contributed by atoms with Crippen LogP contribution >= 0.6 is 0 Å². The summed E-state index contributed by atoms with van der Waals surface area (Å²) in [6.07, 6.45) is 12.3. The first-order valence-corrected chi connectivity index (χ1v) is 8.28. The maximum absolute atomic E-state index is 5.76. The first kappa shape index (κ1) is 15.3. The van der Waals surface area contributed by atoms with Crippen molar-refractivity contribution < 1.29 is 14.2 Å². The van der Waals surface area contributed by atoms with E-state index in [4.69, 9.17) is 14.2 Å². The van der Waals surface area contributed by atoms with Crippen molar-refractivity contribution in [3.05, 3.63) is 29.3 Å². The van der Waals surface area contributed by atoms with Crippen LogP contribution in [-0.4, -0.2) is 21.3 Å². The molecular weight excluding hydrogens is 276 g/mol. The van der Waals surface area contributed by atoms with E-state index in [0.29, 0.717) is 5.92 Å². The monoisotopic (exact) mass is 302 g/mol. The number of hydrogen-bond donors (Lipinski definition) is 0. The summed E-state index contributed by atoms with van der Waals surface area (Å²) in [7, 11) is 5.09. The summed E-state index contributed by atoms with van der Waals surface area (Å²) in [5.74, 6) is 3.50. The predicted molar refractivity (Wildman–Crippen MR) is 88.3 cm³/mol. The van der Waals surface area contributed by atoms with E-state index < -0.39 is 0 Å². The normalized spacial score (nSPS) is 21.3. The van der Waals surface area contributed by atoms with E-state index in [1.807, 2.05) is 0 Å². The van der Waals surface area contributed by atoms with Gasteiger partial charge in [0.05, 0.1) is 21.3 Å². The van der Waals surface area contributed by atoms with Crippen molar-refractivity contribution in [2.24, 2.45) is 5.92 Å². The molecule has 22 heavy (non-hydrogen) atoms. The SMILES string of the molecule is COc1cc2c(c(OC)c1OC)[C@H](C1CCCCC1)C=CC2. The molecule has 0 spiro atoms. The minimum atomic E-state index is 0.443. The minimum absolute atomic E-state index is 0.443. The van der Waals surface area contributed by atoms with Gasteiger partial charge in [0.1, 0.15) is 0 Å². The quantitative estimate of drug-likeness (QED) is 0.767. The van der Waals surface area contributed by atoms with Gasteiger partial charge < -0.3 is 14.2 Å². The van der Waals surface area contributed by atoms with Crippen LogP contribution in [0.2, 0.25) is 0 Å². The summed E-state index contributed by atoms with van der Waals surface area (Å²) >= 11 is 0. The van der Waals surface area contributed by atoms with Gasteiger partial charge in [-0.05, 0) is 36.8 Å². The molecule has 0 aromatic heterocycles. The molecule has 3 heteroatoms. The Balaban J connectivity index is 2.09. The first-order valence-electron chi connectivity index (χ1n) is 8.28. The fraction of sp³-hybridized carbons (Fsp3) is 0.579. The molecule has 1 saturated carbocycles. The number of allylic oxidation sites excluding steroid dienone is 2. The average Bonchev–Trinajstić information content (AvgIpc) is 2.60. The number of ether oxygens (including phenoxy) is 3. The second-order valence-electron chi connectivity index (χ2n) is 6.27. The average molecular weight is 302 g/mol. The minimum Gasteiger partial charge on any atom is -0.493 e. The van der Waals surface area contributed by atoms with E-state index in [-0.39, 0.29) is 0 Å². The zero-order valence-corrected chi connectivity index (χ0v) is 13.9. The number of hydrogen-bond acceptors (Lipinski definition) is 3. The molecule has 0 amide bonds. The molecular formula is C19H26O3. The summed E-state index contributed by atoms with van der Waals surface area (Å²) in [6, 6.07) is 2.12. The molecule has 0 bridgehead atoms. The Bertz CT molecular complexity index is 556. The first-order chi connectivity index (χ1) is 10.8. The van der Waals surface area contributed by atoms with Crippen LogP contribution in [0.4, 0.5) is 0 Å². The number of rotatable bonds is 4. The van der Waals surface area contributed by atoms with E-state index >= 15 is 0 Å². The Labute approximate surface area is 133 Å². The van der Waals surface area contributed by atoms with Gasteiger partial charge in [0.25, 0.3) is 0 Å². The number of fused-ring (bicyclic) bond motifs is 1. The third-order valence-electron chi connectivity index (χ3n) is 5.13. The van der Waals surface area contributed by atoms with Crippen LogP contribution in [0.15, 0.2) is 18.2 Å². The molecule has 0 unspecified atom stereocenters. The summed E-state index contributed by atoms with van der Waals surface area (Å²) in [5.41, 5.74) is 2.63. The van der Waals surface area contributed by atoms with Gasteiger partial charge in [-0.3, -0.25) is 0 Å². The zero-order chi connectivity index (χ0) is 15.5. The highest BCUT2D eigenvalue weighted by Gasteiger charge is 2.32. The molecule has 1 aromatic carbocycles. The molecule has 2 aliphatic carbocycles. The second-order valence-corrected chi connectivity index (χ2v) is 6.27. The Morgan fingerprint density at radius 2 is 1.64 bits per heavy atom. The standard InChI is InChI=1S/C19H26O3/c1-20-16-12-14-10-7-11-15(13-8-5-4-6-9-13)17(14)19(22-3)18(16)21-2/h7,11-13,15H,4-6,8-10H2,1-3H3/t15-/m0/s1. The smallest absolute Gasteiger partial charge is 0.203 e. The predicted octanol–water partition coefficient (Wildman–Crippen LogP) is 4.49. The molecule has 0 aliphatic heterocycles. The summed E-state index contributed by atoms with van der Waals surface area (Å²) in [6.45, 7) is 0. The topological polar surface area (TPSA) is 27.7 Å². The summed E-state index contributed by atoms with van der Waals surface area (Å²) in [4.78, 5) is 0. The molecule has 0 N–H and O–H groups in total. The van der Waals surface area contributed by atoms with Gasteiger partial charge in [0, 0.05) is 11.5 Å². The van der Waals surface area contributed by atoms with Gasteiger partial charge >= 0.3 is 0 Å². The highest BCUT2D eigenvalue weighted by molar-refractivity contribution is 5.62. The highest BCUT2D eigenvalue weighted by Crippen LogP contribution is 2.50. The fourth-order valence-electron chi connectivity index (χ4n) is 4.09. The second kappa shape index (κ2) is 6.64. The Kier molecular flexibility index (Phi) is 4.60. The van der Waals surface area contributed by atoms with E-state index in [0.717, 1.165) is 29.6 Å². The maximum Gasteiger partial charge on any atom is 0.203 e. The van der Waals surface area contributed by atoms with Gasteiger partial charge in [-0.15, -0.1) is 0 Å². The lowest BCUT2D eigenvalue weighted by Crippen LogP contribution is -2.19. The van der Waals surface area contributed by atoms with Crippen molar-refractivity contribution in [3.8, 4) is 17.2 Å². The molecule has 0 saturated heterocycles. The lowest BCUT2D eigenvalue weighted by Gasteiger charge is -2.33. The van der Waals surface area contributed by atoms with Gasteiger partial charge in [-0.25, -0.2) is 0 Å². The van der Waals surface area contributed by atoms with Crippen molar-refractivity contribution in [2.75, 3.05) is 21.3 Å². The highest BCUT2D eigenvalue weighted by atomic mass is 16.5. The number of benzene rings is 1. The van der Waals surface area contributed by atoms with E-state index in [2.05, 4.69) is 18.2 Å². The van der Waals surface area contributed by atoms with E-state index in [1.165, 1.54) is 43.2 Å². The third kappa shape index (κ3) is 2.57. The largest absolute Gasteiger partial charge is 0.493 e. The lowest BCUT2D eigenvalue weighted by atomic mass is 9.73. The fourth-order valence-corrected chi connectivity index (χ4v) is 4.09. The third-order valence-corrected chi connectivity index (χ3v) is 5.13. The Hall–Kier alpha value is -1.64. The van der Waals surface area contributed by atoms with Crippen molar-refractivity contribution in [3.63, 3.8) is 0 Å². The molecule has 1 fully saturated rings. The van der Waals surface area contributed by atoms with Crippen LogP contribution in [-0.2, 0) is 6.42 Å². The van der Waals surface area contributed by atoms with Crippen molar-refractivity contribution >= 4 is 0 Å². The van der Waals surface area contributed by atoms with E-state index in [1.54, 1.807) is 21.3 Å². The van der Waals surface area contributed by atoms with Gasteiger partial charge in [0.2, 0.25) is 5.75 Å². The van der Waals surface area contributed by atoms with Gasteiger partial charge in [-0.2, -0.15) is 0 Å². The summed E-state index contributed by atoms with van der Waals surface area (Å²) in [5, 5.41) is 0. The molecule has 3 nitrogen and oxygen atoms in total. The molecule has 0 heterocycles. The van der Waals surface area contributed by atoms with Crippen LogP contribution in [0.5, 0.6) is 17.2 Å². The maximum atomic E-state index is 5.76. The zero-order valence-electron chi connectivity index (χ0n) is 13.9.